The summed E-state index contributed by atoms with van der Waals surface area (Å²) in [7, 11) is 1.67. The number of benzene rings is 3. The Bertz CT molecular complexity index is 1880. The lowest BCUT2D eigenvalue weighted by Gasteiger charge is -2.38. The van der Waals surface area contributed by atoms with Crippen LogP contribution >= 0.6 is 0 Å². The van der Waals surface area contributed by atoms with Crippen LogP contribution in [0.25, 0.3) is 21.9 Å². The maximum absolute atomic E-state index is 15.1. The third-order valence-electron chi connectivity index (χ3n) is 8.27. The van der Waals surface area contributed by atoms with Gasteiger partial charge in [-0.25, -0.2) is 13.6 Å². The Morgan fingerprint density at radius 1 is 1.04 bits per heavy atom. The number of hydrogen-bond donors (Lipinski definition) is 2. The van der Waals surface area contributed by atoms with Gasteiger partial charge in [-0.2, -0.15) is 13.2 Å². The summed E-state index contributed by atoms with van der Waals surface area (Å²) < 4.78 is 77.2. The number of alkyl halides is 3. The van der Waals surface area contributed by atoms with E-state index in [0.29, 0.717) is 39.6 Å². The molecule has 0 spiro atoms. The van der Waals surface area contributed by atoms with E-state index in [9.17, 15) is 32.7 Å². The van der Waals surface area contributed by atoms with Crippen LogP contribution in [0.4, 0.5) is 27.6 Å². The van der Waals surface area contributed by atoms with Crippen molar-refractivity contribution in [2.45, 2.75) is 38.5 Å². The van der Waals surface area contributed by atoms with E-state index in [-0.39, 0.29) is 25.1 Å². The summed E-state index contributed by atoms with van der Waals surface area (Å²) in [6.07, 6.45) is -5.02. The molecule has 242 valence electrons. The summed E-state index contributed by atoms with van der Waals surface area (Å²) in [5.41, 5.74) is 1.36. The van der Waals surface area contributed by atoms with Gasteiger partial charge >= 0.3 is 12.1 Å². The van der Waals surface area contributed by atoms with E-state index in [4.69, 9.17) is 4.74 Å². The molecule has 46 heavy (non-hydrogen) atoms. The molecular formula is C33H30F5N3O5. The number of aryl methyl sites for hydroxylation is 2. The normalized spacial score (nSPS) is 16.0. The van der Waals surface area contributed by atoms with E-state index in [1.165, 1.54) is 4.57 Å². The van der Waals surface area contributed by atoms with Crippen molar-refractivity contribution in [2.24, 2.45) is 7.05 Å². The first-order valence-corrected chi connectivity index (χ1v) is 14.3. The summed E-state index contributed by atoms with van der Waals surface area (Å²) in [6, 6.07) is 9.67. The predicted molar refractivity (Wildman–Crippen MR) is 161 cm³/mol. The van der Waals surface area contributed by atoms with Crippen molar-refractivity contribution in [1.82, 2.24) is 9.88 Å². The van der Waals surface area contributed by atoms with E-state index in [1.54, 1.807) is 43.4 Å². The minimum atomic E-state index is -4.74. The van der Waals surface area contributed by atoms with Gasteiger partial charge < -0.3 is 24.6 Å². The quantitative estimate of drug-likeness (QED) is 0.266. The molecule has 1 aliphatic heterocycles. The number of carbonyl (C=O) groups is 2. The fourth-order valence-corrected chi connectivity index (χ4v) is 5.84. The number of halogens is 5. The Morgan fingerprint density at radius 2 is 1.70 bits per heavy atom. The number of amides is 1. The summed E-state index contributed by atoms with van der Waals surface area (Å²) >= 11 is 0. The number of carboxylic acids is 1. The van der Waals surface area contributed by atoms with Crippen LogP contribution in [0.15, 0.2) is 59.4 Å². The van der Waals surface area contributed by atoms with Gasteiger partial charge in [0.25, 0.3) is 11.5 Å². The number of fused-ring (bicyclic) bond motifs is 1. The van der Waals surface area contributed by atoms with E-state index >= 15 is 8.78 Å². The predicted octanol–water partition coefficient (Wildman–Crippen LogP) is 5.29. The van der Waals surface area contributed by atoms with Crippen LogP contribution in [-0.4, -0.2) is 59.6 Å². The number of aromatic nitrogens is 1. The minimum Gasteiger partial charge on any atom is -0.480 e. The summed E-state index contributed by atoms with van der Waals surface area (Å²) in [4.78, 5) is 39.2. The second-order valence-corrected chi connectivity index (χ2v) is 11.2. The molecule has 0 bridgehead atoms. The van der Waals surface area contributed by atoms with Crippen molar-refractivity contribution in [1.29, 1.82) is 0 Å². The van der Waals surface area contributed by atoms with E-state index in [0.717, 1.165) is 16.2 Å². The van der Waals surface area contributed by atoms with Crippen molar-refractivity contribution < 1.29 is 41.4 Å². The highest BCUT2D eigenvalue weighted by molar-refractivity contribution is 6.00. The van der Waals surface area contributed by atoms with Gasteiger partial charge in [-0.05, 0) is 59.5 Å². The maximum Gasteiger partial charge on any atom is 0.411 e. The number of hydrogen-bond acceptors (Lipinski definition) is 5. The Kier molecular flexibility index (Phi) is 8.89. The third-order valence-corrected chi connectivity index (χ3v) is 8.27. The number of ether oxygens (including phenoxy) is 1. The summed E-state index contributed by atoms with van der Waals surface area (Å²) in [5, 5.41) is 13.4. The van der Waals surface area contributed by atoms with Crippen molar-refractivity contribution in [2.75, 3.05) is 24.7 Å². The topological polar surface area (TPSA) is 101 Å². The monoisotopic (exact) mass is 643 g/mol. The minimum absolute atomic E-state index is 0.102. The fraction of sp³-hybridized carbons (Fsp3) is 0.303. The maximum atomic E-state index is 15.1. The highest BCUT2D eigenvalue weighted by Gasteiger charge is 2.46. The highest BCUT2D eigenvalue weighted by Crippen LogP contribution is 2.34. The average molecular weight is 644 g/mol. The molecule has 8 nitrogen and oxygen atoms in total. The number of morpholine rings is 1. The van der Waals surface area contributed by atoms with Crippen LogP contribution < -0.4 is 15.8 Å². The first kappa shape index (κ1) is 32.6. The summed E-state index contributed by atoms with van der Waals surface area (Å²) in [5.74, 6) is -5.77. The van der Waals surface area contributed by atoms with Gasteiger partial charge in [0.1, 0.15) is 29.3 Å². The lowest BCUT2D eigenvalue weighted by Crippen LogP contribution is -2.53. The third kappa shape index (κ3) is 6.19. The van der Waals surface area contributed by atoms with Crippen molar-refractivity contribution in [3.8, 4) is 11.1 Å². The first-order valence-electron chi connectivity index (χ1n) is 14.3. The van der Waals surface area contributed by atoms with Crippen LogP contribution in [0.1, 0.15) is 27.2 Å². The molecule has 1 saturated heterocycles. The molecule has 5 rings (SSSR count). The Labute approximate surface area is 260 Å². The molecule has 4 aromatic rings. The van der Waals surface area contributed by atoms with Gasteiger partial charge in [-0.15, -0.1) is 0 Å². The zero-order chi connectivity index (χ0) is 33.5. The van der Waals surface area contributed by atoms with E-state index in [1.807, 2.05) is 19.9 Å². The standard InChI is InChI=1S/C33H30F5N3O5/c1-17-12-18(2)40(3)31(43)28(17)23-9-8-19(21-6-4-5-7-22(21)23)13-26(32(44)45)39-30(42)29-24(34)14-20(15-25(29)35)41-10-11-46-16-27(41)33(36,37)38/h4-9,12,14-15,26-27H,10-11,13,16H2,1-3H3,(H,39,42)(H,44,45)/t26?,27-/m1/s1. The summed E-state index contributed by atoms with van der Waals surface area (Å²) in [6.45, 7) is 2.52. The number of nitrogens with zero attached hydrogens (tertiary/aromatic N) is 2. The number of carboxylic acid groups (broad SMARTS) is 1. The number of pyridine rings is 1. The molecular weight excluding hydrogens is 613 g/mol. The number of rotatable bonds is 7. The Morgan fingerprint density at radius 3 is 2.33 bits per heavy atom. The van der Waals surface area contributed by atoms with Gasteiger partial charge in [-0.3, -0.25) is 9.59 Å². The molecule has 0 aliphatic carbocycles. The van der Waals surface area contributed by atoms with Crippen molar-refractivity contribution >= 4 is 28.3 Å². The molecule has 1 aliphatic rings. The lowest BCUT2D eigenvalue weighted by atomic mass is 9.91. The molecule has 0 saturated carbocycles. The highest BCUT2D eigenvalue weighted by atomic mass is 19.4. The van der Waals surface area contributed by atoms with Crippen molar-refractivity contribution in [3.05, 3.63) is 99.0 Å². The van der Waals surface area contributed by atoms with Crippen LogP contribution in [-0.2, 0) is 23.0 Å². The molecule has 0 radical (unpaired) electrons. The smallest absolute Gasteiger partial charge is 0.411 e. The van der Waals surface area contributed by atoms with Gasteiger partial charge in [-0.1, -0.05) is 36.4 Å². The van der Waals surface area contributed by atoms with Crippen molar-refractivity contribution in [3.63, 3.8) is 0 Å². The van der Waals surface area contributed by atoms with Crippen LogP contribution in [0.5, 0.6) is 0 Å². The Balaban J connectivity index is 1.45. The molecule has 1 unspecified atom stereocenters. The van der Waals surface area contributed by atoms with Gasteiger partial charge in [0.15, 0.2) is 0 Å². The lowest BCUT2D eigenvalue weighted by molar-refractivity contribution is -0.167. The first-order chi connectivity index (χ1) is 21.7. The average Bonchev–Trinajstić information content (AvgIpc) is 2.99. The molecule has 13 heteroatoms. The number of anilines is 1. The van der Waals surface area contributed by atoms with Gasteiger partial charge in [0.05, 0.1) is 18.8 Å². The largest absolute Gasteiger partial charge is 0.480 e. The zero-order valence-electron chi connectivity index (χ0n) is 25.0. The molecule has 2 heterocycles. The molecule has 1 fully saturated rings. The Hall–Kier alpha value is -4.78. The molecule has 2 atom stereocenters. The SMILES string of the molecule is Cc1cc(C)n(C)c(=O)c1-c1ccc(CC(NC(=O)c2c(F)cc(N3CCOC[C@@H]3C(F)(F)F)cc2F)C(=O)O)c2ccccc12. The molecule has 2 N–H and O–H groups in total. The molecule has 3 aromatic carbocycles. The second-order valence-electron chi connectivity index (χ2n) is 11.2. The number of nitrogens with one attached hydrogen (secondary N) is 1. The number of carbonyl (C=O) groups excluding carboxylic acids is 1. The van der Waals surface area contributed by atoms with Crippen LogP contribution in [0.2, 0.25) is 0 Å². The van der Waals surface area contributed by atoms with E-state index in [2.05, 4.69) is 5.32 Å². The van der Waals surface area contributed by atoms with Gasteiger partial charge in [0, 0.05) is 31.4 Å². The number of aliphatic carboxylic acids is 1. The zero-order valence-corrected chi connectivity index (χ0v) is 25.0. The second kappa shape index (κ2) is 12.5. The van der Waals surface area contributed by atoms with Crippen LogP contribution in [0.3, 0.4) is 0 Å². The molecule has 1 aromatic heterocycles. The van der Waals surface area contributed by atoms with Gasteiger partial charge in [0.2, 0.25) is 0 Å². The molecule has 1 amide bonds. The fourth-order valence-electron chi connectivity index (χ4n) is 5.84. The van der Waals surface area contributed by atoms with Crippen LogP contribution in [0, 0.1) is 25.5 Å². The van der Waals surface area contributed by atoms with E-state index < -0.39 is 59.6 Å².